The number of carbonyl (C=O) groups is 1. The van der Waals surface area contributed by atoms with Gasteiger partial charge in [0.25, 0.3) is 10.0 Å². The fourth-order valence-electron chi connectivity index (χ4n) is 3.08. The minimum absolute atomic E-state index is 0.0279. The molecule has 6 nitrogen and oxygen atoms in total. The molecular formula is C21H29FN2O4S2. The van der Waals surface area contributed by atoms with Gasteiger partial charge in [0, 0.05) is 16.5 Å². The predicted octanol–water partition coefficient (Wildman–Crippen LogP) is 3.85. The first-order chi connectivity index (χ1) is 13.8. The van der Waals surface area contributed by atoms with E-state index in [4.69, 9.17) is 0 Å². The quantitative estimate of drug-likeness (QED) is 0.629. The normalized spacial score (nSPS) is 12.6. The zero-order valence-electron chi connectivity index (χ0n) is 18.1. The molecule has 9 heteroatoms. The first-order valence-electron chi connectivity index (χ1n) is 9.73. The molecule has 0 atom stereocenters. The molecule has 0 spiro atoms. The van der Waals surface area contributed by atoms with Crippen LogP contribution in [-0.2, 0) is 26.7 Å². The summed E-state index contributed by atoms with van der Waals surface area (Å²) in [6, 6.07) is 2.80. The summed E-state index contributed by atoms with van der Waals surface area (Å²) in [7, 11) is -4.15. The van der Waals surface area contributed by atoms with Crippen molar-refractivity contribution in [3.8, 4) is 0 Å². The smallest absolute Gasteiger partial charge is 0.291 e. The number of amides is 1. The zero-order chi connectivity index (χ0) is 22.9. The molecule has 0 bridgehead atoms. The molecule has 0 fully saturated rings. The van der Waals surface area contributed by atoms with Crippen LogP contribution in [0.25, 0.3) is 0 Å². The number of nitrogens with one attached hydrogen (secondary N) is 1. The topological polar surface area (TPSA) is 96.4 Å². The van der Waals surface area contributed by atoms with Gasteiger partial charge in [-0.2, -0.15) is 8.42 Å². The van der Waals surface area contributed by atoms with Crippen molar-refractivity contribution in [3.05, 3.63) is 45.7 Å². The average molecular weight is 457 g/mol. The van der Waals surface area contributed by atoms with Crippen LogP contribution >= 0.6 is 11.3 Å². The molecular weight excluding hydrogens is 427 g/mol. The van der Waals surface area contributed by atoms with E-state index in [0.29, 0.717) is 21.6 Å². The monoisotopic (exact) mass is 456 g/mol. The molecule has 166 valence electrons. The van der Waals surface area contributed by atoms with Crippen LogP contribution in [0.5, 0.6) is 0 Å². The van der Waals surface area contributed by atoms with Crippen molar-refractivity contribution in [2.24, 2.45) is 0 Å². The largest absolute Gasteiger partial charge is 0.395 e. The molecule has 1 amide bonds. The molecule has 2 rings (SSSR count). The number of carbonyl (C=O) groups excluding carboxylic acids is 1. The highest BCUT2D eigenvalue weighted by Gasteiger charge is 2.28. The van der Waals surface area contributed by atoms with Gasteiger partial charge in [0.1, 0.15) is 5.82 Å². The highest BCUT2D eigenvalue weighted by Crippen LogP contribution is 2.31. The molecule has 0 aliphatic heterocycles. The number of halogens is 1. The van der Waals surface area contributed by atoms with Crippen LogP contribution < -0.4 is 4.72 Å². The Hall–Kier alpha value is -1.84. The lowest BCUT2D eigenvalue weighted by Crippen LogP contribution is -2.32. The van der Waals surface area contributed by atoms with E-state index in [-0.39, 0.29) is 35.0 Å². The molecule has 0 aliphatic carbocycles. The molecule has 30 heavy (non-hydrogen) atoms. The van der Waals surface area contributed by atoms with Crippen molar-refractivity contribution in [3.63, 3.8) is 0 Å². The van der Waals surface area contributed by atoms with Gasteiger partial charge < -0.3 is 5.11 Å². The summed E-state index contributed by atoms with van der Waals surface area (Å²) in [5.41, 5.74) is 1.39. The first-order valence-corrected chi connectivity index (χ1v) is 12.0. The SMILES string of the molecule is CC(C)c1cc(F)cc(C(C)C)c1CC(=O)NS(=O)(=O)c1ncc(C(C)(C)CO)s1. The number of rotatable bonds is 8. The van der Waals surface area contributed by atoms with Crippen molar-refractivity contribution in [2.45, 2.75) is 69.6 Å². The second-order valence-corrected chi connectivity index (χ2v) is 11.5. The molecule has 1 aromatic carbocycles. The lowest BCUT2D eigenvalue weighted by Gasteiger charge is -2.20. The van der Waals surface area contributed by atoms with Gasteiger partial charge in [-0.05, 0) is 40.7 Å². The van der Waals surface area contributed by atoms with E-state index >= 15 is 0 Å². The third kappa shape index (κ3) is 5.44. The Kier molecular flexibility index (Phi) is 7.42. The van der Waals surface area contributed by atoms with Crippen LogP contribution in [0.2, 0.25) is 0 Å². The number of thiazole rings is 1. The Morgan fingerprint density at radius 2 is 1.73 bits per heavy atom. The van der Waals surface area contributed by atoms with Crippen LogP contribution in [0, 0.1) is 5.82 Å². The maximum atomic E-state index is 14.1. The Labute approximate surface area is 181 Å². The van der Waals surface area contributed by atoms with Crippen LogP contribution in [0.3, 0.4) is 0 Å². The number of hydrogen-bond donors (Lipinski definition) is 2. The number of hydrogen-bond acceptors (Lipinski definition) is 6. The number of benzene rings is 1. The Bertz CT molecular complexity index is 998. The van der Waals surface area contributed by atoms with Gasteiger partial charge in [0.15, 0.2) is 0 Å². The van der Waals surface area contributed by atoms with Gasteiger partial charge in [-0.15, -0.1) is 11.3 Å². The van der Waals surface area contributed by atoms with Gasteiger partial charge in [-0.25, -0.2) is 14.1 Å². The minimum Gasteiger partial charge on any atom is -0.395 e. The lowest BCUT2D eigenvalue weighted by molar-refractivity contribution is -0.118. The molecule has 0 radical (unpaired) electrons. The van der Waals surface area contributed by atoms with E-state index in [0.717, 1.165) is 11.3 Å². The molecule has 2 aromatic rings. The molecule has 2 N–H and O–H groups in total. The second kappa shape index (κ2) is 9.11. The minimum atomic E-state index is -4.15. The van der Waals surface area contributed by atoms with E-state index in [1.807, 2.05) is 27.7 Å². The molecule has 1 aromatic heterocycles. The first kappa shape index (κ1) is 24.4. The van der Waals surface area contributed by atoms with Crippen LogP contribution in [-0.4, -0.2) is 31.0 Å². The maximum absolute atomic E-state index is 14.1. The number of aliphatic hydroxyl groups excluding tert-OH is 1. The standard InChI is InChI=1S/C21H29FN2O4S2/c1-12(2)15-7-14(22)8-16(13(3)4)17(15)9-19(26)24-30(27,28)20-23-10-18(29-20)21(5,6)11-25/h7-8,10,12-13,25H,9,11H2,1-6H3,(H,24,26). The Morgan fingerprint density at radius 1 is 1.20 bits per heavy atom. The van der Waals surface area contributed by atoms with Gasteiger partial charge in [0.2, 0.25) is 10.2 Å². The van der Waals surface area contributed by atoms with Crippen LogP contribution in [0.4, 0.5) is 4.39 Å². The van der Waals surface area contributed by atoms with Crippen LogP contribution in [0.1, 0.15) is 74.9 Å². The summed E-state index contributed by atoms with van der Waals surface area (Å²) in [5, 5.41) is 9.46. The van der Waals surface area contributed by atoms with E-state index in [1.165, 1.54) is 18.3 Å². The molecule has 0 aliphatic rings. The number of aliphatic hydroxyl groups is 1. The van der Waals surface area contributed by atoms with Crippen molar-refractivity contribution in [2.75, 3.05) is 6.61 Å². The third-order valence-corrected chi connectivity index (χ3v) is 8.02. The fraction of sp³-hybridized carbons (Fsp3) is 0.524. The maximum Gasteiger partial charge on any atom is 0.291 e. The predicted molar refractivity (Wildman–Crippen MR) is 116 cm³/mol. The van der Waals surface area contributed by atoms with Crippen molar-refractivity contribution in [1.82, 2.24) is 9.71 Å². The Balaban J connectivity index is 2.32. The van der Waals surface area contributed by atoms with Gasteiger partial charge in [-0.3, -0.25) is 4.79 Å². The van der Waals surface area contributed by atoms with E-state index < -0.39 is 21.3 Å². The molecule has 0 saturated carbocycles. The van der Waals surface area contributed by atoms with Gasteiger partial charge >= 0.3 is 0 Å². The van der Waals surface area contributed by atoms with Crippen molar-refractivity contribution < 1.29 is 22.7 Å². The summed E-state index contributed by atoms with van der Waals surface area (Å²) in [6.45, 7) is 11.0. The number of aromatic nitrogens is 1. The summed E-state index contributed by atoms with van der Waals surface area (Å²) in [4.78, 5) is 17.2. The van der Waals surface area contributed by atoms with Gasteiger partial charge in [0.05, 0.1) is 13.0 Å². The van der Waals surface area contributed by atoms with E-state index in [1.54, 1.807) is 13.8 Å². The van der Waals surface area contributed by atoms with Gasteiger partial charge in [-0.1, -0.05) is 41.5 Å². The number of nitrogens with zero attached hydrogens (tertiary/aromatic N) is 1. The van der Waals surface area contributed by atoms with E-state index in [2.05, 4.69) is 9.71 Å². The van der Waals surface area contributed by atoms with Crippen LogP contribution in [0.15, 0.2) is 22.7 Å². The highest BCUT2D eigenvalue weighted by molar-refractivity contribution is 7.92. The molecule has 1 heterocycles. The summed E-state index contributed by atoms with van der Waals surface area (Å²) < 4.78 is 41.2. The zero-order valence-corrected chi connectivity index (χ0v) is 19.7. The summed E-state index contributed by atoms with van der Waals surface area (Å²) >= 11 is 0.914. The Morgan fingerprint density at radius 3 is 2.20 bits per heavy atom. The number of sulfonamides is 1. The lowest BCUT2D eigenvalue weighted by atomic mass is 9.87. The summed E-state index contributed by atoms with van der Waals surface area (Å²) in [5.74, 6) is -1.13. The average Bonchev–Trinajstić information content (AvgIpc) is 3.14. The molecule has 0 unspecified atom stereocenters. The third-order valence-electron chi connectivity index (χ3n) is 4.89. The molecule has 0 saturated heterocycles. The fourth-order valence-corrected chi connectivity index (χ4v) is 5.30. The van der Waals surface area contributed by atoms with Crippen molar-refractivity contribution >= 4 is 27.3 Å². The van der Waals surface area contributed by atoms with Crippen molar-refractivity contribution in [1.29, 1.82) is 0 Å². The van der Waals surface area contributed by atoms with E-state index in [9.17, 15) is 22.7 Å². The highest BCUT2D eigenvalue weighted by atomic mass is 32.2. The summed E-state index contributed by atoms with van der Waals surface area (Å²) in [6.07, 6.45) is 1.22. The second-order valence-electron chi connectivity index (χ2n) is 8.61.